The van der Waals surface area contributed by atoms with E-state index in [0.29, 0.717) is 5.56 Å². The zero-order valence-electron chi connectivity index (χ0n) is 12.4. The van der Waals surface area contributed by atoms with Crippen molar-refractivity contribution >= 4 is 17.7 Å². The highest BCUT2D eigenvalue weighted by Crippen LogP contribution is 2.73. The predicted molar refractivity (Wildman–Crippen MR) is 80.5 cm³/mol. The minimum atomic E-state index is -0.422. The molecule has 2 saturated carbocycles. The lowest BCUT2D eigenvalue weighted by molar-refractivity contribution is -0.144. The Bertz CT molecular complexity index is 732. The van der Waals surface area contributed by atoms with Gasteiger partial charge >= 0.3 is 0 Å². The monoisotopic (exact) mass is 308 g/mol. The van der Waals surface area contributed by atoms with E-state index < -0.39 is 5.91 Å². The summed E-state index contributed by atoms with van der Waals surface area (Å²) in [4.78, 5) is 37.7. The molecule has 1 aromatic rings. The molecule has 23 heavy (non-hydrogen) atoms. The van der Waals surface area contributed by atoms with Crippen LogP contribution in [0.2, 0.25) is 0 Å². The van der Waals surface area contributed by atoms with E-state index in [-0.39, 0.29) is 40.9 Å². The molecule has 1 aliphatic heterocycles. The van der Waals surface area contributed by atoms with E-state index in [1.807, 2.05) is 6.07 Å². The third kappa shape index (κ3) is 1.49. The number of rotatable bonds is 2. The predicted octanol–water partition coefficient (Wildman–Crippen LogP) is 1.53. The maximum Gasteiger partial charge on any atom is 0.270 e. The standard InChI is InChI=1S/C18H16N2O3/c21-15(10-4-2-1-3-5-10)19-20-16(22)13-11-6-7-12(14(13)17(20)23)18(11)8-9-18/h1-7,11-14H,8-9H2,(H,19,21)/t11-,12-,13-,14+/m0/s1. The molecule has 1 N–H and O–H groups in total. The van der Waals surface area contributed by atoms with Crippen LogP contribution in [0.25, 0.3) is 0 Å². The van der Waals surface area contributed by atoms with Crippen molar-refractivity contribution in [2.24, 2.45) is 29.1 Å². The second kappa shape index (κ2) is 4.10. The fraction of sp³-hybridized carbons (Fsp3) is 0.389. The first kappa shape index (κ1) is 13.0. The third-order valence-electron chi connectivity index (χ3n) is 6.10. The maximum absolute atomic E-state index is 12.7. The number of allylic oxidation sites excluding steroid dienone is 2. The number of nitrogens with one attached hydrogen (secondary N) is 1. The zero-order chi connectivity index (χ0) is 15.8. The number of amides is 3. The number of hydrogen-bond donors (Lipinski definition) is 1. The van der Waals surface area contributed by atoms with Crippen LogP contribution in [-0.2, 0) is 9.59 Å². The summed E-state index contributed by atoms with van der Waals surface area (Å²) in [5.41, 5.74) is 3.12. The van der Waals surface area contributed by atoms with E-state index in [4.69, 9.17) is 0 Å². The highest BCUT2D eigenvalue weighted by atomic mass is 16.2. The van der Waals surface area contributed by atoms with E-state index in [0.717, 1.165) is 17.9 Å². The number of imide groups is 1. The summed E-state index contributed by atoms with van der Waals surface area (Å²) in [6.45, 7) is 0. The molecule has 5 rings (SSSR count). The van der Waals surface area contributed by atoms with Gasteiger partial charge in [-0.05, 0) is 42.2 Å². The van der Waals surface area contributed by atoms with Crippen molar-refractivity contribution in [2.75, 3.05) is 0 Å². The van der Waals surface area contributed by atoms with E-state index >= 15 is 0 Å². The van der Waals surface area contributed by atoms with Crippen molar-refractivity contribution in [3.63, 3.8) is 0 Å². The number of benzene rings is 1. The van der Waals surface area contributed by atoms with Gasteiger partial charge in [-0.1, -0.05) is 30.4 Å². The van der Waals surface area contributed by atoms with Crippen LogP contribution in [0.1, 0.15) is 23.2 Å². The topological polar surface area (TPSA) is 66.5 Å². The summed E-state index contributed by atoms with van der Waals surface area (Å²) in [5, 5.41) is 0.965. The van der Waals surface area contributed by atoms with Gasteiger partial charge in [-0.15, -0.1) is 0 Å². The molecule has 1 aromatic carbocycles. The number of hydrazine groups is 1. The quantitative estimate of drug-likeness (QED) is 0.665. The third-order valence-corrected chi connectivity index (χ3v) is 6.10. The van der Waals surface area contributed by atoms with Crippen molar-refractivity contribution < 1.29 is 14.4 Å². The van der Waals surface area contributed by atoms with Crippen molar-refractivity contribution in [2.45, 2.75) is 12.8 Å². The highest BCUT2D eigenvalue weighted by molar-refractivity contribution is 6.09. The van der Waals surface area contributed by atoms with Crippen LogP contribution in [0.15, 0.2) is 42.5 Å². The molecule has 3 amide bonds. The van der Waals surface area contributed by atoms with Crippen molar-refractivity contribution in [1.29, 1.82) is 0 Å². The number of nitrogens with zero attached hydrogens (tertiary/aromatic N) is 1. The van der Waals surface area contributed by atoms with E-state index in [1.54, 1.807) is 24.3 Å². The SMILES string of the molecule is O=C(NN1C(=O)[C@@H]2[C@H](C1=O)[C@@H]1C=C[C@@H]2C12CC2)c1ccccc1. The summed E-state index contributed by atoms with van der Waals surface area (Å²) in [7, 11) is 0. The molecule has 5 nitrogen and oxygen atoms in total. The zero-order valence-corrected chi connectivity index (χ0v) is 12.4. The van der Waals surface area contributed by atoms with Crippen LogP contribution in [0, 0.1) is 29.1 Å². The van der Waals surface area contributed by atoms with Crippen LogP contribution < -0.4 is 5.43 Å². The second-order valence-electron chi connectivity index (χ2n) is 7.04. The van der Waals surface area contributed by atoms with Crippen LogP contribution in [0.4, 0.5) is 0 Å². The van der Waals surface area contributed by atoms with Gasteiger partial charge in [0.2, 0.25) is 0 Å². The van der Waals surface area contributed by atoms with Gasteiger partial charge in [0.05, 0.1) is 11.8 Å². The van der Waals surface area contributed by atoms with Gasteiger partial charge in [0.25, 0.3) is 17.7 Å². The lowest BCUT2D eigenvalue weighted by atomic mass is 9.85. The molecule has 4 atom stereocenters. The van der Waals surface area contributed by atoms with Gasteiger partial charge in [-0.3, -0.25) is 19.8 Å². The second-order valence-corrected chi connectivity index (χ2v) is 7.04. The Morgan fingerprint density at radius 2 is 1.57 bits per heavy atom. The first-order valence-corrected chi connectivity index (χ1v) is 8.06. The van der Waals surface area contributed by atoms with Gasteiger partial charge in [0.1, 0.15) is 0 Å². The van der Waals surface area contributed by atoms with Gasteiger partial charge in [0.15, 0.2) is 0 Å². The van der Waals surface area contributed by atoms with Gasteiger partial charge in [-0.25, -0.2) is 0 Å². The Morgan fingerprint density at radius 1 is 1.00 bits per heavy atom. The molecule has 116 valence electrons. The van der Waals surface area contributed by atoms with Crippen LogP contribution >= 0.6 is 0 Å². The lowest BCUT2D eigenvalue weighted by Crippen LogP contribution is -2.47. The number of carbonyl (C=O) groups excluding carboxylic acids is 3. The molecule has 0 unspecified atom stereocenters. The summed E-state index contributed by atoms with van der Waals surface area (Å²) < 4.78 is 0. The van der Waals surface area contributed by atoms with E-state index in [9.17, 15) is 14.4 Å². The maximum atomic E-state index is 12.7. The smallest absolute Gasteiger partial charge is 0.270 e. The molecule has 1 saturated heterocycles. The molecular weight excluding hydrogens is 292 g/mol. The van der Waals surface area contributed by atoms with Crippen molar-refractivity contribution in [3.8, 4) is 0 Å². The van der Waals surface area contributed by atoms with Crippen LogP contribution in [0.3, 0.4) is 0 Å². The number of carbonyl (C=O) groups is 3. The van der Waals surface area contributed by atoms with E-state index in [1.165, 1.54) is 0 Å². The molecule has 5 heteroatoms. The first-order chi connectivity index (χ1) is 11.1. The summed E-state index contributed by atoms with van der Waals surface area (Å²) in [6.07, 6.45) is 6.46. The Kier molecular flexibility index (Phi) is 2.33. The molecule has 1 spiro atoms. The lowest BCUT2D eigenvalue weighted by Gasteiger charge is -2.21. The average molecular weight is 308 g/mol. The molecule has 2 bridgehead atoms. The molecule has 3 aliphatic carbocycles. The summed E-state index contributed by atoms with van der Waals surface area (Å²) in [6, 6.07) is 8.62. The Labute approximate surface area is 133 Å². The van der Waals surface area contributed by atoms with Gasteiger partial charge in [-0.2, -0.15) is 5.01 Å². The molecule has 4 aliphatic rings. The summed E-state index contributed by atoms with van der Waals surface area (Å²) >= 11 is 0. The molecule has 3 fully saturated rings. The number of fused-ring (bicyclic) bond motifs is 3. The first-order valence-electron chi connectivity index (χ1n) is 8.06. The normalized spacial score (nSPS) is 35.0. The van der Waals surface area contributed by atoms with Crippen LogP contribution in [0.5, 0.6) is 0 Å². The minimum Gasteiger partial charge on any atom is -0.272 e. The molecule has 1 heterocycles. The molecular formula is C18H16N2O3. The Hall–Kier alpha value is -2.43. The fourth-order valence-corrected chi connectivity index (χ4v) is 4.94. The molecule has 0 radical (unpaired) electrons. The number of hydrogen-bond acceptors (Lipinski definition) is 3. The minimum absolute atomic E-state index is 0.174. The van der Waals surface area contributed by atoms with Gasteiger partial charge < -0.3 is 0 Å². The Morgan fingerprint density at radius 3 is 2.09 bits per heavy atom. The van der Waals surface area contributed by atoms with Crippen molar-refractivity contribution in [3.05, 3.63) is 48.0 Å². The average Bonchev–Trinajstić information content (AvgIpc) is 3.18. The molecule has 0 aromatic heterocycles. The van der Waals surface area contributed by atoms with Crippen LogP contribution in [-0.4, -0.2) is 22.7 Å². The fourth-order valence-electron chi connectivity index (χ4n) is 4.94. The van der Waals surface area contributed by atoms with Crippen molar-refractivity contribution in [1.82, 2.24) is 10.4 Å². The Balaban J connectivity index is 1.42. The van der Waals surface area contributed by atoms with Gasteiger partial charge in [0, 0.05) is 5.56 Å². The highest BCUT2D eigenvalue weighted by Gasteiger charge is 2.73. The van der Waals surface area contributed by atoms with E-state index in [2.05, 4.69) is 17.6 Å². The summed E-state index contributed by atoms with van der Waals surface area (Å²) in [5.74, 6) is -1.12. The largest absolute Gasteiger partial charge is 0.272 e.